The van der Waals surface area contributed by atoms with Crippen molar-refractivity contribution < 1.29 is 4.74 Å². The summed E-state index contributed by atoms with van der Waals surface area (Å²) in [4.78, 5) is 5.29. The van der Waals surface area contributed by atoms with Gasteiger partial charge in [0.2, 0.25) is 0 Å². The van der Waals surface area contributed by atoms with E-state index in [9.17, 15) is 0 Å². The van der Waals surface area contributed by atoms with Crippen LogP contribution in [0.5, 0.6) is 5.75 Å². The molecular formula is C15H15NOS. The zero-order valence-corrected chi connectivity index (χ0v) is 10.9. The molecule has 1 aliphatic carbocycles. The number of hydrogen-bond acceptors (Lipinski definition) is 3. The van der Waals surface area contributed by atoms with Gasteiger partial charge in [0.15, 0.2) is 0 Å². The maximum absolute atomic E-state index is 5.73. The molecule has 3 rings (SSSR count). The van der Waals surface area contributed by atoms with Crippen molar-refractivity contribution in [3.8, 4) is 5.75 Å². The average molecular weight is 257 g/mol. The molecule has 3 heteroatoms. The molecule has 1 fully saturated rings. The van der Waals surface area contributed by atoms with Crippen molar-refractivity contribution in [3.05, 3.63) is 54.4 Å². The standard InChI is InChI=1S/C15H15NOS/c1-2-13(1)17-14-3-5-15(6-4-14)18-11-12-7-9-16-10-8-12/h3-10,13H,1-2,11H2. The number of pyridine rings is 1. The summed E-state index contributed by atoms with van der Waals surface area (Å²) in [6, 6.07) is 12.5. The van der Waals surface area contributed by atoms with E-state index in [1.165, 1.54) is 23.3 Å². The lowest BCUT2D eigenvalue weighted by atomic mass is 10.3. The number of hydrogen-bond donors (Lipinski definition) is 0. The quantitative estimate of drug-likeness (QED) is 0.758. The number of thioether (sulfide) groups is 1. The molecule has 2 aromatic rings. The van der Waals surface area contributed by atoms with E-state index in [0.717, 1.165) is 11.5 Å². The van der Waals surface area contributed by atoms with Gasteiger partial charge in [0.1, 0.15) is 5.75 Å². The van der Waals surface area contributed by atoms with Gasteiger partial charge in [-0.1, -0.05) is 0 Å². The van der Waals surface area contributed by atoms with Crippen molar-refractivity contribution in [3.63, 3.8) is 0 Å². The number of aromatic nitrogens is 1. The van der Waals surface area contributed by atoms with Crippen LogP contribution < -0.4 is 4.74 Å². The molecule has 18 heavy (non-hydrogen) atoms. The molecule has 1 aromatic carbocycles. The van der Waals surface area contributed by atoms with Crippen molar-refractivity contribution in [2.45, 2.75) is 29.6 Å². The molecule has 0 radical (unpaired) electrons. The van der Waals surface area contributed by atoms with Crippen molar-refractivity contribution in [2.75, 3.05) is 0 Å². The van der Waals surface area contributed by atoms with Gasteiger partial charge in [-0.3, -0.25) is 4.98 Å². The van der Waals surface area contributed by atoms with Crippen LogP contribution in [0, 0.1) is 0 Å². The van der Waals surface area contributed by atoms with E-state index in [2.05, 4.69) is 41.4 Å². The smallest absolute Gasteiger partial charge is 0.119 e. The van der Waals surface area contributed by atoms with Crippen LogP contribution in [0.4, 0.5) is 0 Å². The topological polar surface area (TPSA) is 22.1 Å². The number of nitrogens with zero attached hydrogens (tertiary/aromatic N) is 1. The van der Waals surface area contributed by atoms with Crippen LogP contribution in [-0.2, 0) is 5.75 Å². The Morgan fingerprint density at radius 3 is 2.44 bits per heavy atom. The molecule has 0 unspecified atom stereocenters. The molecule has 1 aliphatic rings. The van der Waals surface area contributed by atoms with E-state index < -0.39 is 0 Å². The van der Waals surface area contributed by atoms with Gasteiger partial charge in [0.05, 0.1) is 6.10 Å². The molecule has 0 amide bonds. The number of ether oxygens (including phenoxy) is 1. The van der Waals surface area contributed by atoms with E-state index in [1.54, 1.807) is 0 Å². The first kappa shape index (κ1) is 11.6. The van der Waals surface area contributed by atoms with Crippen LogP contribution in [0.25, 0.3) is 0 Å². The summed E-state index contributed by atoms with van der Waals surface area (Å²) in [7, 11) is 0. The summed E-state index contributed by atoms with van der Waals surface area (Å²) < 4.78 is 5.73. The number of rotatable bonds is 5. The Hall–Kier alpha value is -1.48. The SMILES string of the molecule is c1cc(CSc2ccc(OC3CC3)cc2)ccn1. The molecule has 0 spiro atoms. The fourth-order valence-corrected chi connectivity index (χ4v) is 2.49. The van der Waals surface area contributed by atoms with Crippen LogP contribution >= 0.6 is 11.8 Å². The Labute approximate surface area is 111 Å². The molecule has 0 N–H and O–H groups in total. The molecule has 1 saturated carbocycles. The summed E-state index contributed by atoms with van der Waals surface area (Å²) in [5.41, 5.74) is 1.30. The Morgan fingerprint density at radius 2 is 1.78 bits per heavy atom. The summed E-state index contributed by atoms with van der Waals surface area (Å²) in [5.74, 6) is 1.97. The van der Waals surface area contributed by atoms with Gasteiger partial charge in [-0.05, 0) is 54.8 Å². The van der Waals surface area contributed by atoms with Gasteiger partial charge in [0.25, 0.3) is 0 Å². The summed E-state index contributed by atoms with van der Waals surface area (Å²) >= 11 is 1.83. The van der Waals surface area contributed by atoms with Crippen molar-refractivity contribution in [1.82, 2.24) is 4.98 Å². The molecule has 0 bridgehead atoms. The Morgan fingerprint density at radius 1 is 1.06 bits per heavy atom. The molecule has 0 aliphatic heterocycles. The van der Waals surface area contributed by atoms with Crippen LogP contribution in [0.15, 0.2) is 53.7 Å². The lowest BCUT2D eigenvalue weighted by molar-refractivity contribution is 0.303. The zero-order chi connectivity index (χ0) is 12.2. The Balaban J connectivity index is 1.56. The first-order chi connectivity index (χ1) is 8.90. The van der Waals surface area contributed by atoms with Crippen LogP contribution in [0.3, 0.4) is 0 Å². The van der Waals surface area contributed by atoms with Gasteiger partial charge in [-0.2, -0.15) is 0 Å². The van der Waals surface area contributed by atoms with E-state index in [-0.39, 0.29) is 0 Å². The highest BCUT2D eigenvalue weighted by Gasteiger charge is 2.23. The zero-order valence-electron chi connectivity index (χ0n) is 10.1. The summed E-state index contributed by atoms with van der Waals surface area (Å²) in [5, 5.41) is 0. The fraction of sp³-hybridized carbons (Fsp3) is 0.267. The van der Waals surface area contributed by atoms with Gasteiger partial charge < -0.3 is 4.74 Å². The molecule has 0 atom stereocenters. The maximum Gasteiger partial charge on any atom is 0.119 e. The summed E-state index contributed by atoms with van der Waals surface area (Å²) in [6.45, 7) is 0. The first-order valence-corrected chi connectivity index (χ1v) is 7.17. The third-order valence-electron chi connectivity index (χ3n) is 2.81. The van der Waals surface area contributed by atoms with Crippen LogP contribution in [-0.4, -0.2) is 11.1 Å². The lowest BCUT2D eigenvalue weighted by Crippen LogP contribution is -1.94. The van der Waals surface area contributed by atoms with Gasteiger partial charge in [-0.15, -0.1) is 11.8 Å². The normalized spacial score (nSPS) is 14.4. The highest BCUT2D eigenvalue weighted by atomic mass is 32.2. The van der Waals surface area contributed by atoms with E-state index >= 15 is 0 Å². The minimum atomic E-state index is 0.473. The highest BCUT2D eigenvalue weighted by Crippen LogP contribution is 2.29. The maximum atomic E-state index is 5.73. The van der Waals surface area contributed by atoms with E-state index in [1.807, 2.05) is 24.2 Å². The van der Waals surface area contributed by atoms with E-state index in [4.69, 9.17) is 4.74 Å². The molecule has 2 nitrogen and oxygen atoms in total. The fourth-order valence-electron chi connectivity index (χ4n) is 1.64. The Bertz CT molecular complexity index is 494. The van der Waals surface area contributed by atoms with E-state index in [0.29, 0.717) is 6.10 Å². The first-order valence-electron chi connectivity index (χ1n) is 6.18. The molecule has 0 saturated heterocycles. The summed E-state index contributed by atoms with van der Waals surface area (Å²) in [6.07, 6.45) is 6.56. The third-order valence-corrected chi connectivity index (χ3v) is 3.89. The Kier molecular flexibility index (Phi) is 3.51. The predicted molar refractivity (Wildman–Crippen MR) is 73.9 cm³/mol. The lowest BCUT2D eigenvalue weighted by Gasteiger charge is -2.05. The van der Waals surface area contributed by atoms with Crippen LogP contribution in [0.1, 0.15) is 18.4 Å². The number of benzene rings is 1. The predicted octanol–water partition coefficient (Wildman–Crippen LogP) is 3.92. The van der Waals surface area contributed by atoms with Gasteiger partial charge in [-0.25, -0.2) is 0 Å². The van der Waals surface area contributed by atoms with Gasteiger partial charge in [0, 0.05) is 23.0 Å². The molecule has 1 aromatic heterocycles. The molecule has 1 heterocycles. The second kappa shape index (κ2) is 5.44. The largest absolute Gasteiger partial charge is 0.490 e. The van der Waals surface area contributed by atoms with Crippen molar-refractivity contribution in [1.29, 1.82) is 0 Å². The molecule has 92 valence electrons. The molecular weight excluding hydrogens is 242 g/mol. The van der Waals surface area contributed by atoms with Gasteiger partial charge >= 0.3 is 0 Å². The second-order valence-electron chi connectivity index (χ2n) is 4.43. The third kappa shape index (κ3) is 3.26. The minimum absolute atomic E-state index is 0.473. The van der Waals surface area contributed by atoms with Crippen molar-refractivity contribution >= 4 is 11.8 Å². The second-order valence-corrected chi connectivity index (χ2v) is 5.48. The minimum Gasteiger partial charge on any atom is -0.490 e. The van der Waals surface area contributed by atoms with Crippen LogP contribution in [0.2, 0.25) is 0 Å². The highest BCUT2D eigenvalue weighted by molar-refractivity contribution is 7.98. The average Bonchev–Trinajstić information content (AvgIpc) is 3.23. The van der Waals surface area contributed by atoms with Crippen molar-refractivity contribution in [2.24, 2.45) is 0 Å². The monoisotopic (exact) mass is 257 g/mol.